The van der Waals surface area contributed by atoms with Crippen molar-refractivity contribution in [3.05, 3.63) is 53.5 Å². The smallest absolute Gasteiger partial charge is 0.213 e. The highest BCUT2D eigenvalue weighted by Gasteiger charge is 2.40. The van der Waals surface area contributed by atoms with Crippen LogP contribution in [0.25, 0.3) is 11.0 Å². The van der Waals surface area contributed by atoms with Crippen LogP contribution in [0.3, 0.4) is 0 Å². The molecule has 2 bridgehead atoms. The van der Waals surface area contributed by atoms with E-state index < -0.39 is 0 Å². The fourth-order valence-corrected chi connectivity index (χ4v) is 5.94. The molecule has 1 N–H and O–H groups in total. The van der Waals surface area contributed by atoms with E-state index in [2.05, 4.69) is 32.3 Å². The summed E-state index contributed by atoms with van der Waals surface area (Å²) in [6.07, 6.45) is 6.58. The summed E-state index contributed by atoms with van der Waals surface area (Å²) in [6.45, 7) is 2.87. The van der Waals surface area contributed by atoms with Gasteiger partial charge in [0.25, 0.3) is 0 Å². The summed E-state index contributed by atoms with van der Waals surface area (Å²) in [4.78, 5) is 11.3. The summed E-state index contributed by atoms with van der Waals surface area (Å²) in [6, 6.07) is 11.4. The average Bonchev–Trinajstić information content (AvgIpc) is 3.13. The van der Waals surface area contributed by atoms with Gasteiger partial charge in [-0.1, -0.05) is 6.07 Å². The Hall–Kier alpha value is -2.97. The second-order valence-electron chi connectivity index (χ2n) is 9.71. The quantitative estimate of drug-likeness (QED) is 0.553. The Morgan fingerprint density at radius 1 is 1.09 bits per heavy atom. The number of benzene rings is 1. The minimum atomic E-state index is -0.290. The third-order valence-corrected chi connectivity index (χ3v) is 7.65. The number of fused-ring (bicyclic) bond motifs is 4. The predicted molar refractivity (Wildman–Crippen MR) is 131 cm³/mol. The van der Waals surface area contributed by atoms with Gasteiger partial charge in [-0.05, 0) is 55.9 Å². The van der Waals surface area contributed by atoms with Gasteiger partial charge in [-0.15, -0.1) is 0 Å². The number of piperidine rings is 1. The lowest BCUT2D eigenvalue weighted by Crippen LogP contribution is -2.49. The van der Waals surface area contributed by atoms with Gasteiger partial charge in [0.1, 0.15) is 19.0 Å². The second-order valence-corrected chi connectivity index (χ2v) is 9.71. The maximum atomic E-state index is 14.8. The molecule has 5 heterocycles. The first-order chi connectivity index (χ1) is 17.2. The standard InChI is InChI=1S/C27H31FN4O3/c1-33-26-7-5-23-27(31-26)21(22(28)16-30-23)8-9-32-19-3-4-20(32)14-18(13-19)29-15-17-2-6-24-25(12-17)35-11-10-34-24/h2,5-7,12,16,18-20,29H,3-4,8-11,13-15H2,1H3/t18?,19-,20+. The Bertz CT molecular complexity index is 1210. The minimum absolute atomic E-state index is 0.290. The van der Waals surface area contributed by atoms with E-state index in [1.807, 2.05) is 12.1 Å². The molecule has 3 aliphatic heterocycles. The van der Waals surface area contributed by atoms with Gasteiger partial charge in [0.15, 0.2) is 11.5 Å². The van der Waals surface area contributed by atoms with Crippen LogP contribution in [0.2, 0.25) is 0 Å². The molecular formula is C27H31FN4O3. The Balaban J connectivity index is 1.09. The van der Waals surface area contributed by atoms with Crippen LogP contribution in [0, 0.1) is 5.82 Å². The highest BCUT2D eigenvalue weighted by molar-refractivity contribution is 5.78. The van der Waals surface area contributed by atoms with Crippen LogP contribution in [0.1, 0.15) is 36.8 Å². The summed E-state index contributed by atoms with van der Waals surface area (Å²) in [7, 11) is 1.57. The lowest BCUT2D eigenvalue weighted by molar-refractivity contribution is 0.117. The van der Waals surface area contributed by atoms with Crippen molar-refractivity contribution in [3.63, 3.8) is 0 Å². The Labute approximate surface area is 204 Å². The summed E-state index contributed by atoms with van der Waals surface area (Å²) < 4.78 is 31.4. The monoisotopic (exact) mass is 478 g/mol. The van der Waals surface area contributed by atoms with Crippen molar-refractivity contribution in [1.29, 1.82) is 0 Å². The number of pyridine rings is 2. The average molecular weight is 479 g/mol. The van der Waals surface area contributed by atoms with Crippen molar-refractivity contribution in [1.82, 2.24) is 20.2 Å². The van der Waals surface area contributed by atoms with E-state index in [0.717, 1.165) is 37.4 Å². The van der Waals surface area contributed by atoms with Crippen molar-refractivity contribution < 1.29 is 18.6 Å². The molecule has 2 fully saturated rings. The van der Waals surface area contributed by atoms with E-state index in [1.54, 1.807) is 13.2 Å². The molecule has 0 aliphatic carbocycles. The Kier molecular flexibility index (Phi) is 6.16. The Morgan fingerprint density at radius 2 is 1.89 bits per heavy atom. The highest BCUT2D eigenvalue weighted by atomic mass is 19.1. The highest BCUT2D eigenvalue weighted by Crippen LogP contribution is 2.37. The maximum Gasteiger partial charge on any atom is 0.213 e. The number of halogens is 1. The molecular weight excluding hydrogens is 447 g/mol. The van der Waals surface area contributed by atoms with Gasteiger partial charge in [-0.25, -0.2) is 9.37 Å². The van der Waals surface area contributed by atoms with Crippen LogP contribution in [-0.4, -0.2) is 59.9 Å². The van der Waals surface area contributed by atoms with Crippen molar-refractivity contribution in [2.24, 2.45) is 0 Å². The number of nitrogens with zero attached hydrogens (tertiary/aromatic N) is 3. The molecule has 0 amide bonds. The SMILES string of the molecule is COc1ccc2ncc(F)c(CCN3[C@@H]4CC[C@H]3CC(NCc3ccc5c(c3)OCCO5)C4)c2n1. The molecule has 8 heteroatoms. The van der Waals surface area contributed by atoms with Gasteiger partial charge < -0.3 is 19.5 Å². The summed E-state index contributed by atoms with van der Waals surface area (Å²) in [5.74, 6) is 1.87. The largest absolute Gasteiger partial charge is 0.486 e. The third-order valence-electron chi connectivity index (χ3n) is 7.65. The minimum Gasteiger partial charge on any atom is -0.486 e. The van der Waals surface area contributed by atoms with E-state index >= 15 is 0 Å². The maximum absolute atomic E-state index is 14.8. The zero-order valence-corrected chi connectivity index (χ0v) is 20.0. The molecule has 35 heavy (non-hydrogen) atoms. The first-order valence-electron chi connectivity index (χ1n) is 12.5. The predicted octanol–water partition coefficient (Wildman–Crippen LogP) is 3.88. The van der Waals surface area contributed by atoms with Crippen LogP contribution in [0.5, 0.6) is 17.4 Å². The zero-order valence-electron chi connectivity index (χ0n) is 20.0. The van der Waals surface area contributed by atoms with E-state index in [-0.39, 0.29) is 5.82 Å². The van der Waals surface area contributed by atoms with Gasteiger partial charge in [0.2, 0.25) is 5.88 Å². The van der Waals surface area contributed by atoms with Crippen LogP contribution < -0.4 is 19.5 Å². The lowest BCUT2D eigenvalue weighted by atomic mass is 9.96. The van der Waals surface area contributed by atoms with E-state index in [0.29, 0.717) is 60.2 Å². The van der Waals surface area contributed by atoms with Gasteiger partial charge >= 0.3 is 0 Å². The summed E-state index contributed by atoms with van der Waals surface area (Å²) >= 11 is 0. The van der Waals surface area contributed by atoms with Crippen LogP contribution in [-0.2, 0) is 13.0 Å². The number of hydrogen-bond acceptors (Lipinski definition) is 7. The Morgan fingerprint density at radius 3 is 2.69 bits per heavy atom. The van der Waals surface area contributed by atoms with E-state index in [9.17, 15) is 4.39 Å². The molecule has 184 valence electrons. The number of nitrogens with one attached hydrogen (secondary N) is 1. The topological polar surface area (TPSA) is 68.7 Å². The first kappa shape index (κ1) is 22.5. The van der Waals surface area contributed by atoms with Crippen LogP contribution in [0.15, 0.2) is 36.5 Å². The van der Waals surface area contributed by atoms with Crippen molar-refractivity contribution in [3.8, 4) is 17.4 Å². The molecule has 6 rings (SSSR count). The molecule has 0 saturated carbocycles. The molecule has 2 aromatic heterocycles. The number of ether oxygens (including phenoxy) is 3. The molecule has 1 aromatic carbocycles. The molecule has 3 aromatic rings. The van der Waals surface area contributed by atoms with Gasteiger partial charge in [-0.2, -0.15) is 0 Å². The molecule has 1 unspecified atom stereocenters. The first-order valence-corrected chi connectivity index (χ1v) is 12.5. The van der Waals surface area contributed by atoms with Crippen molar-refractivity contribution in [2.45, 2.75) is 56.8 Å². The van der Waals surface area contributed by atoms with Crippen LogP contribution in [0.4, 0.5) is 4.39 Å². The lowest BCUT2D eigenvalue weighted by Gasteiger charge is -2.39. The van der Waals surface area contributed by atoms with E-state index in [1.165, 1.54) is 24.6 Å². The summed E-state index contributed by atoms with van der Waals surface area (Å²) in [5.41, 5.74) is 3.15. The molecule has 3 atom stereocenters. The van der Waals surface area contributed by atoms with Crippen molar-refractivity contribution in [2.75, 3.05) is 26.9 Å². The number of aromatic nitrogens is 2. The number of rotatable bonds is 7. The normalized spacial score (nSPS) is 23.5. The van der Waals surface area contributed by atoms with Crippen LogP contribution >= 0.6 is 0 Å². The van der Waals surface area contributed by atoms with Gasteiger partial charge in [0, 0.05) is 42.8 Å². The van der Waals surface area contributed by atoms with Gasteiger partial charge in [0.05, 0.1) is 24.3 Å². The molecule has 2 saturated heterocycles. The molecule has 0 radical (unpaired) electrons. The zero-order chi connectivity index (χ0) is 23.8. The fraction of sp³-hybridized carbons (Fsp3) is 0.481. The number of hydrogen-bond donors (Lipinski definition) is 1. The molecule has 7 nitrogen and oxygen atoms in total. The molecule has 3 aliphatic rings. The van der Waals surface area contributed by atoms with E-state index in [4.69, 9.17) is 14.2 Å². The fourth-order valence-electron chi connectivity index (χ4n) is 5.94. The number of methoxy groups -OCH3 is 1. The third kappa shape index (κ3) is 4.52. The molecule has 0 spiro atoms. The summed E-state index contributed by atoms with van der Waals surface area (Å²) in [5, 5.41) is 3.77. The van der Waals surface area contributed by atoms with Crippen molar-refractivity contribution >= 4 is 11.0 Å². The second kappa shape index (κ2) is 9.59. The van der Waals surface area contributed by atoms with Gasteiger partial charge in [-0.3, -0.25) is 9.88 Å².